The summed E-state index contributed by atoms with van der Waals surface area (Å²) < 4.78 is 0. The van der Waals surface area contributed by atoms with E-state index in [9.17, 15) is 9.90 Å². The number of hydrogen-bond acceptors (Lipinski definition) is 4. The average molecular weight is 225 g/mol. The normalized spacial score (nSPS) is 10.8. The first-order valence-corrected chi connectivity index (χ1v) is 4.88. The zero-order chi connectivity index (χ0) is 11.4. The van der Waals surface area contributed by atoms with Gasteiger partial charge in [-0.3, -0.25) is 4.98 Å². The van der Waals surface area contributed by atoms with Crippen LogP contribution in [0.2, 0.25) is 0 Å². The van der Waals surface area contributed by atoms with Crippen molar-refractivity contribution in [2.24, 2.45) is 0 Å². The Morgan fingerprint density at radius 2 is 2.33 bits per heavy atom. The van der Waals surface area contributed by atoms with E-state index in [1.54, 1.807) is 6.92 Å². The average Bonchev–Trinajstić information content (AvgIpc) is 2.19. The number of nitrogens with zero attached hydrogens (tertiary/aromatic N) is 1. The van der Waals surface area contributed by atoms with Crippen molar-refractivity contribution in [3.63, 3.8) is 0 Å². The van der Waals surface area contributed by atoms with Crippen LogP contribution in [-0.4, -0.2) is 21.2 Å². The number of thiol groups is 1. The summed E-state index contributed by atoms with van der Waals surface area (Å²) in [5, 5.41) is 18.1. The van der Waals surface area contributed by atoms with Crippen molar-refractivity contribution in [1.82, 2.24) is 4.98 Å². The molecule has 0 atom stereocenters. The van der Waals surface area contributed by atoms with Crippen LogP contribution in [0.15, 0.2) is 12.3 Å². The van der Waals surface area contributed by atoms with Crippen molar-refractivity contribution in [2.45, 2.75) is 12.7 Å². The highest BCUT2D eigenvalue weighted by Gasteiger charge is 2.08. The van der Waals surface area contributed by atoms with Gasteiger partial charge in [0.1, 0.15) is 5.75 Å². The number of carbonyl (C=O) groups is 1. The molecule has 1 heterocycles. The Bertz CT molecular complexity index is 415. The van der Waals surface area contributed by atoms with E-state index < -0.39 is 5.97 Å². The Balaban J connectivity index is 3.19. The van der Waals surface area contributed by atoms with Crippen LogP contribution in [0.3, 0.4) is 0 Å². The zero-order valence-corrected chi connectivity index (χ0v) is 9.03. The lowest BCUT2D eigenvalue weighted by atomic mass is 10.1. The molecule has 0 bridgehead atoms. The van der Waals surface area contributed by atoms with Crippen LogP contribution in [-0.2, 0) is 10.5 Å². The molecule has 0 saturated heterocycles. The number of rotatable bonds is 3. The minimum Gasteiger partial charge on any atom is -0.506 e. The maximum absolute atomic E-state index is 10.3. The largest absolute Gasteiger partial charge is 0.506 e. The number of aromatic nitrogens is 1. The fourth-order valence-corrected chi connectivity index (χ4v) is 1.46. The van der Waals surface area contributed by atoms with Crippen molar-refractivity contribution in [3.8, 4) is 5.75 Å². The molecular weight excluding hydrogens is 214 g/mol. The highest BCUT2D eigenvalue weighted by atomic mass is 32.1. The molecule has 0 aromatic carbocycles. The summed E-state index contributed by atoms with van der Waals surface area (Å²) in [5.41, 5.74) is 1.66. The minimum absolute atomic E-state index is 0.0672. The molecule has 1 aromatic rings. The third-order valence-electron chi connectivity index (χ3n) is 1.94. The van der Waals surface area contributed by atoms with Crippen LogP contribution in [0.5, 0.6) is 5.75 Å². The van der Waals surface area contributed by atoms with E-state index in [2.05, 4.69) is 17.6 Å². The van der Waals surface area contributed by atoms with Gasteiger partial charge in [0.05, 0.1) is 5.69 Å². The summed E-state index contributed by atoms with van der Waals surface area (Å²) in [7, 11) is 0. The van der Waals surface area contributed by atoms with Gasteiger partial charge in [-0.2, -0.15) is 12.6 Å². The van der Waals surface area contributed by atoms with Gasteiger partial charge in [0, 0.05) is 29.2 Å². The summed E-state index contributed by atoms with van der Waals surface area (Å²) in [6, 6.07) is 0. The smallest absolute Gasteiger partial charge is 0.328 e. The topological polar surface area (TPSA) is 70.4 Å². The fraction of sp³-hybridized carbons (Fsp3) is 0.200. The van der Waals surface area contributed by atoms with Gasteiger partial charge in [-0.05, 0) is 13.0 Å². The number of carboxylic acids is 1. The van der Waals surface area contributed by atoms with Crippen molar-refractivity contribution >= 4 is 24.7 Å². The van der Waals surface area contributed by atoms with E-state index in [1.807, 2.05) is 0 Å². The van der Waals surface area contributed by atoms with E-state index in [0.29, 0.717) is 22.6 Å². The fourth-order valence-electron chi connectivity index (χ4n) is 1.13. The summed E-state index contributed by atoms with van der Waals surface area (Å²) in [6.45, 7) is 1.67. The third kappa shape index (κ3) is 2.73. The molecule has 0 aliphatic rings. The summed E-state index contributed by atoms with van der Waals surface area (Å²) in [6.07, 6.45) is 3.90. The SMILES string of the molecule is Cc1ncc(C=CC(=O)O)c(CS)c1O. The van der Waals surface area contributed by atoms with Crippen LogP contribution in [0.1, 0.15) is 16.8 Å². The van der Waals surface area contributed by atoms with E-state index in [4.69, 9.17) is 5.11 Å². The molecular formula is C10H11NO3S. The van der Waals surface area contributed by atoms with Crippen LogP contribution < -0.4 is 0 Å². The Kier molecular flexibility index (Phi) is 3.74. The predicted molar refractivity (Wildman–Crippen MR) is 60.0 cm³/mol. The second-order valence-corrected chi connectivity index (χ2v) is 3.27. The van der Waals surface area contributed by atoms with E-state index >= 15 is 0 Å². The standard InChI is InChI=1S/C10H11NO3S/c1-6-10(14)8(5-15)7(4-11-6)2-3-9(12)13/h2-4,14-15H,5H2,1H3,(H,12,13). The number of hydrogen-bond donors (Lipinski definition) is 3. The van der Waals surface area contributed by atoms with Gasteiger partial charge in [0.25, 0.3) is 0 Å². The molecule has 0 saturated carbocycles. The Labute approximate surface area is 92.7 Å². The van der Waals surface area contributed by atoms with Crippen LogP contribution >= 0.6 is 12.6 Å². The van der Waals surface area contributed by atoms with Crippen LogP contribution in [0, 0.1) is 6.92 Å². The monoisotopic (exact) mass is 225 g/mol. The number of aromatic hydroxyl groups is 1. The molecule has 0 aliphatic carbocycles. The molecule has 0 aliphatic heterocycles. The van der Waals surface area contributed by atoms with E-state index in [0.717, 1.165) is 6.08 Å². The Hall–Kier alpha value is -1.49. The molecule has 0 radical (unpaired) electrons. The maximum Gasteiger partial charge on any atom is 0.328 e. The number of carboxylic acid groups (broad SMARTS) is 1. The summed E-state index contributed by atoms with van der Waals surface area (Å²) in [4.78, 5) is 14.3. The Morgan fingerprint density at radius 1 is 1.67 bits per heavy atom. The molecule has 1 aromatic heterocycles. The van der Waals surface area contributed by atoms with Crippen molar-refractivity contribution in [3.05, 3.63) is 29.1 Å². The first-order valence-electron chi connectivity index (χ1n) is 4.25. The molecule has 0 unspecified atom stereocenters. The van der Waals surface area contributed by atoms with Gasteiger partial charge in [-0.1, -0.05) is 0 Å². The highest BCUT2D eigenvalue weighted by molar-refractivity contribution is 7.79. The lowest BCUT2D eigenvalue weighted by Gasteiger charge is -2.07. The van der Waals surface area contributed by atoms with Gasteiger partial charge in [-0.25, -0.2) is 4.79 Å². The second kappa shape index (κ2) is 4.84. The first-order chi connectivity index (χ1) is 7.06. The molecule has 2 N–H and O–H groups in total. The van der Waals surface area contributed by atoms with Gasteiger partial charge in [0.2, 0.25) is 0 Å². The van der Waals surface area contributed by atoms with Gasteiger partial charge >= 0.3 is 5.97 Å². The van der Waals surface area contributed by atoms with Gasteiger partial charge in [0.15, 0.2) is 0 Å². The molecule has 1 rings (SSSR count). The van der Waals surface area contributed by atoms with E-state index in [1.165, 1.54) is 12.3 Å². The number of aryl methyl sites for hydroxylation is 1. The lowest BCUT2D eigenvalue weighted by Crippen LogP contribution is -1.93. The maximum atomic E-state index is 10.3. The zero-order valence-electron chi connectivity index (χ0n) is 8.14. The number of pyridine rings is 1. The summed E-state index contributed by atoms with van der Waals surface area (Å²) >= 11 is 4.07. The van der Waals surface area contributed by atoms with E-state index in [-0.39, 0.29) is 5.75 Å². The molecule has 15 heavy (non-hydrogen) atoms. The highest BCUT2D eigenvalue weighted by Crippen LogP contribution is 2.25. The van der Waals surface area contributed by atoms with Crippen molar-refractivity contribution < 1.29 is 15.0 Å². The first kappa shape index (κ1) is 11.6. The molecule has 5 heteroatoms. The third-order valence-corrected chi connectivity index (χ3v) is 2.25. The van der Waals surface area contributed by atoms with Crippen LogP contribution in [0.4, 0.5) is 0 Å². The van der Waals surface area contributed by atoms with Gasteiger partial charge < -0.3 is 10.2 Å². The van der Waals surface area contributed by atoms with Crippen molar-refractivity contribution in [1.29, 1.82) is 0 Å². The van der Waals surface area contributed by atoms with Crippen LogP contribution in [0.25, 0.3) is 6.08 Å². The minimum atomic E-state index is -1.04. The lowest BCUT2D eigenvalue weighted by molar-refractivity contribution is -0.131. The molecule has 0 fully saturated rings. The Morgan fingerprint density at radius 3 is 2.87 bits per heavy atom. The van der Waals surface area contributed by atoms with Crippen molar-refractivity contribution in [2.75, 3.05) is 0 Å². The molecule has 80 valence electrons. The quantitative estimate of drug-likeness (QED) is 0.540. The number of aliphatic carboxylic acids is 1. The van der Waals surface area contributed by atoms with Gasteiger partial charge in [-0.15, -0.1) is 0 Å². The molecule has 4 nitrogen and oxygen atoms in total. The predicted octanol–water partition coefficient (Wildman–Crippen LogP) is 1.62. The molecule has 0 amide bonds. The molecule has 0 spiro atoms. The second-order valence-electron chi connectivity index (χ2n) is 2.96. The summed E-state index contributed by atoms with van der Waals surface area (Å²) in [5.74, 6) is -0.646.